The molecule has 0 spiro atoms. The first-order chi connectivity index (χ1) is 13.2. The highest BCUT2D eigenvalue weighted by Crippen LogP contribution is 2.33. The molecule has 2 aliphatic heterocycles. The molecule has 0 N–H and O–H groups in total. The molecule has 0 aliphatic carbocycles. The molecule has 1 aromatic carbocycles. The number of hydrogen-bond donors (Lipinski definition) is 0. The lowest BCUT2D eigenvalue weighted by atomic mass is 9.94. The predicted molar refractivity (Wildman–Crippen MR) is 92.5 cm³/mol. The summed E-state index contributed by atoms with van der Waals surface area (Å²) in [5.41, 5.74) is -0.0429. The lowest BCUT2D eigenvalue weighted by molar-refractivity contribution is -0.155. The van der Waals surface area contributed by atoms with Gasteiger partial charge < -0.3 is 14.3 Å². The maximum atomic E-state index is 13.0. The summed E-state index contributed by atoms with van der Waals surface area (Å²) in [4.78, 5) is 19.9. The van der Waals surface area contributed by atoms with Crippen LogP contribution in [-0.4, -0.2) is 43.4 Å². The van der Waals surface area contributed by atoms with Crippen LogP contribution in [0.5, 0.6) is 0 Å². The first kappa shape index (κ1) is 18.7. The zero-order valence-electron chi connectivity index (χ0n) is 14.7. The Hall–Kier alpha value is -2.62. The van der Waals surface area contributed by atoms with Gasteiger partial charge in [0.25, 0.3) is 5.91 Å². The number of halogens is 4. The van der Waals surface area contributed by atoms with E-state index in [4.69, 9.17) is 16.4 Å². The van der Waals surface area contributed by atoms with Gasteiger partial charge >= 0.3 is 6.18 Å². The Morgan fingerprint density at radius 2 is 2.00 bits per heavy atom. The highest BCUT2D eigenvalue weighted by Gasteiger charge is 2.47. The van der Waals surface area contributed by atoms with Gasteiger partial charge in [0.1, 0.15) is 0 Å². The van der Waals surface area contributed by atoms with Crippen molar-refractivity contribution in [2.24, 2.45) is 5.16 Å². The van der Waals surface area contributed by atoms with Crippen molar-refractivity contribution in [1.82, 2.24) is 19.7 Å². The third kappa shape index (κ3) is 3.11. The molecular formula is C17H15ClF3N5O2. The minimum Gasteiger partial charge on any atom is -0.379 e. The van der Waals surface area contributed by atoms with E-state index in [-0.39, 0.29) is 37.8 Å². The summed E-state index contributed by atoms with van der Waals surface area (Å²) in [7, 11) is 0. The monoisotopic (exact) mass is 413 g/mol. The van der Waals surface area contributed by atoms with Gasteiger partial charge in [0, 0.05) is 30.1 Å². The summed E-state index contributed by atoms with van der Waals surface area (Å²) >= 11 is 6.18. The third-order valence-electron chi connectivity index (χ3n) is 4.79. The Bertz CT molecular complexity index is 974. The van der Waals surface area contributed by atoms with Crippen molar-refractivity contribution in [3.63, 3.8) is 0 Å². The van der Waals surface area contributed by atoms with Crippen molar-refractivity contribution < 1.29 is 22.8 Å². The van der Waals surface area contributed by atoms with E-state index in [0.717, 1.165) is 4.57 Å². The van der Waals surface area contributed by atoms with Crippen LogP contribution in [0, 0.1) is 0 Å². The molecule has 1 amide bonds. The van der Waals surface area contributed by atoms with Crippen molar-refractivity contribution >= 4 is 23.2 Å². The van der Waals surface area contributed by atoms with Crippen LogP contribution < -0.4 is 0 Å². The number of carbonyl (C=O) groups is 1. The second-order valence-corrected chi connectivity index (χ2v) is 7.24. The molecule has 3 heterocycles. The van der Waals surface area contributed by atoms with Gasteiger partial charge in [-0.3, -0.25) is 4.79 Å². The molecule has 4 rings (SSSR count). The summed E-state index contributed by atoms with van der Waals surface area (Å²) in [6.07, 6.45) is -4.39. The Kier molecular flexibility index (Phi) is 4.33. The predicted octanol–water partition coefficient (Wildman–Crippen LogP) is 2.88. The van der Waals surface area contributed by atoms with Gasteiger partial charge in [0.15, 0.2) is 5.82 Å². The molecule has 0 bridgehead atoms. The van der Waals surface area contributed by atoms with E-state index in [2.05, 4.69) is 15.4 Å². The van der Waals surface area contributed by atoms with Crippen molar-refractivity contribution in [3.8, 4) is 0 Å². The zero-order valence-corrected chi connectivity index (χ0v) is 15.5. The molecule has 28 heavy (non-hydrogen) atoms. The summed E-state index contributed by atoms with van der Waals surface area (Å²) in [6.45, 7) is 1.57. The first-order valence-corrected chi connectivity index (χ1v) is 8.85. The highest BCUT2D eigenvalue weighted by molar-refractivity contribution is 6.34. The standard InChI is InChI=1S/C17H15ClF3N5O2/c1-16(8-12(24-28-16)10-4-2-3-5-11(10)18)15(27)25-6-7-26-13(9-25)22-23-14(26)17(19,20)21/h2-5H,6-9H2,1H3. The van der Waals surface area contributed by atoms with Crippen molar-refractivity contribution in [1.29, 1.82) is 0 Å². The number of carbonyl (C=O) groups excluding carboxylic acids is 1. The van der Waals surface area contributed by atoms with E-state index in [0.29, 0.717) is 16.3 Å². The number of oxime groups is 1. The number of rotatable bonds is 2. The van der Waals surface area contributed by atoms with Crippen LogP contribution in [0.4, 0.5) is 13.2 Å². The van der Waals surface area contributed by atoms with Gasteiger partial charge in [-0.15, -0.1) is 10.2 Å². The number of nitrogens with zero attached hydrogens (tertiary/aromatic N) is 5. The lowest BCUT2D eigenvalue weighted by Gasteiger charge is -2.33. The first-order valence-electron chi connectivity index (χ1n) is 8.48. The van der Waals surface area contributed by atoms with Gasteiger partial charge in [-0.05, 0) is 13.0 Å². The quantitative estimate of drug-likeness (QED) is 0.759. The topological polar surface area (TPSA) is 72.6 Å². The van der Waals surface area contributed by atoms with Gasteiger partial charge in [-0.25, -0.2) is 0 Å². The normalized spacial score (nSPS) is 21.9. The minimum absolute atomic E-state index is 0.0444. The van der Waals surface area contributed by atoms with E-state index >= 15 is 0 Å². The Balaban J connectivity index is 1.50. The fourth-order valence-corrected chi connectivity index (χ4v) is 3.61. The molecule has 0 saturated carbocycles. The van der Waals surface area contributed by atoms with E-state index in [1.54, 1.807) is 31.2 Å². The molecule has 7 nitrogen and oxygen atoms in total. The largest absolute Gasteiger partial charge is 0.451 e. The fraction of sp³-hybridized carbons (Fsp3) is 0.412. The average molecular weight is 414 g/mol. The lowest BCUT2D eigenvalue weighted by Crippen LogP contribution is -2.50. The Morgan fingerprint density at radius 3 is 2.71 bits per heavy atom. The smallest absolute Gasteiger partial charge is 0.379 e. The summed E-state index contributed by atoms with van der Waals surface area (Å²) in [6, 6.07) is 7.08. The van der Waals surface area contributed by atoms with E-state index < -0.39 is 17.6 Å². The summed E-state index contributed by atoms with van der Waals surface area (Å²) in [5.74, 6) is -1.34. The number of amides is 1. The zero-order chi connectivity index (χ0) is 20.1. The molecule has 0 radical (unpaired) electrons. The van der Waals surface area contributed by atoms with Crippen LogP contribution in [0.3, 0.4) is 0 Å². The van der Waals surface area contributed by atoms with E-state index in [9.17, 15) is 18.0 Å². The molecule has 1 atom stereocenters. The van der Waals surface area contributed by atoms with Crippen molar-refractivity contribution in [2.75, 3.05) is 6.54 Å². The second kappa shape index (κ2) is 6.47. The summed E-state index contributed by atoms with van der Waals surface area (Å²) < 4.78 is 39.9. The maximum absolute atomic E-state index is 13.0. The molecule has 148 valence electrons. The van der Waals surface area contributed by atoms with Gasteiger partial charge in [-0.2, -0.15) is 13.2 Å². The second-order valence-electron chi connectivity index (χ2n) is 6.83. The molecule has 1 aromatic heterocycles. The molecule has 1 unspecified atom stereocenters. The van der Waals surface area contributed by atoms with Crippen LogP contribution in [0.25, 0.3) is 0 Å². The van der Waals surface area contributed by atoms with Gasteiger partial charge in [-0.1, -0.05) is 35.0 Å². The van der Waals surface area contributed by atoms with E-state index in [1.165, 1.54) is 4.90 Å². The number of alkyl halides is 3. The van der Waals surface area contributed by atoms with Gasteiger partial charge in [0.05, 0.1) is 12.3 Å². The number of fused-ring (bicyclic) bond motifs is 1. The maximum Gasteiger partial charge on any atom is 0.451 e. The SMILES string of the molecule is CC1(C(=O)N2CCn3c(nnc3C(F)(F)F)C2)CC(c2ccccc2Cl)=NO1. The van der Waals surface area contributed by atoms with Crippen LogP contribution in [0.2, 0.25) is 5.02 Å². The third-order valence-corrected chi connectivity index (χ3v) is 5.12. The average Bonchev–Trinajstić information content (AvgIpc) is 3.25. The van der Waals surface area contributed by atoms with E-state index in [1.807, 2.05) is 0 Å². The molecular weight excluding hydrogens is 399 g/mol. The van der Waals surface area contributed by atoms with Crippen LogP contribution in [0.1, 0.15) is 30.6 Å². The number of hydrogen-bond acceptors (Lipinski definition) is 5. The van der Waals surface area contributed by atoms with Crippen LogP contribution in [0.15, 0.2) is 29.4 Å². The fourth-order valence-electron chi connectivity index (χ4n) is 3.37. The number of aromatic nitrogens is 3. The minimum atomic E-state index is -4.59. The molecule has 0 fully saturated rings. The number of benzene rings is 1. The summed E-state index contributed by atoms with van der Waals surface area (Å²) in [5, 5.41) is 11.3. The Labute approximate surface area is 162 Å². The van der Waals surface area contributed by atoms with Crippen LogP contribution >= 0.6 is 11.6 Å². The van der Waals surface area contributed by atoms with Crippen molar-refractivity contribution in [3.05, 3.63) is 46.5 Å². The van der Waals surface area contributed by atoms with Crippen LogP contribution in [-0.2, 0) is 28.9 Å². The molecule has 2 aromatic rings. The molecule has 11 heteroatoms. The van der Waals surface area contributed by atoms with Gasteiger partial charge in [0.2, 0.25) is 11.4 Å². The molecule has 2 aliphatic rings. The van der Waals surface area contributed by atoms with Crippen molar-refractivity contribution in [2.45, 2.75) is 38.2 Å². The highest BCUT2D eigenvalue weighted by atomic mass is 35.5. The molecule has 0 saturated heterocycles. The Morgan fingerprint density at radius 1 is 1.25 bits per heavy atom.